The van der Waals surface area contributed by atoms with Crippen LogP contribution in [0.5, 0.6) is 17.2 Å². The van der Waals surface area contributed by atoms with Gasteiger partial charge in [-0.05, 0) is 121 Å². The van der Waals surface area contributed by atoms with Crippen molar-refractivity contribution in [3.05, 3.63) is 160 Å². The number of benzene rings is 5. The summed E-state index contributed by atoms with van der Waals surface area (Å²) in [6.07, 6.45) is 0.200. The number of rotatable bonds is 12. The van der Waals surface area contributed by atoms with E-state index in [-0.39, 0.29) is 42.9 Å². The van der Waals surface area contributed by atoms with E-state index in [0.29, 0.717) is 78.7 Å². The van der Waals surface area contributed by atoms with E-state index in [4.69, 9.17) is 9.47 Å². The molecule has 1 amide bonds. The molecule has 0 radical (unpaired) electrons. The number of aliphatic hydroxyl groups is 2. The maximum atomic E-state index is 15.1. The lowest BCUT2D eigenvalue weighted by atomic mass is 9.64. The number of amides is 1. The second kappa shape index (κ2) is 19.5. The third kappa shape index (κ3) is 10.4. The van der Waals surface area contributed by atoms with Gasteiger partial charge in [-0.25, -0.2) is 0 Å². The average molecular weight is 876 g/mol. The normalized spacial score (nSPS) is 21.3. The molecule has 0 aliphatic heterocycles. The minimum atomic E-state index is -4.86. The molecule has 8 nitrogen and oxygen atoms in total. The summed E-state index contributed by atoms with van der Waals surface area (Å²) < 4.78 is 54.2. The van der Waals surface area contributed by atoms with E-state index in [1.807, 2.05) is 79.7 Å². The number of carbonyl (C=O) groups is 2. The van der Waals surface area contributed by atoms with Gasteiger partial charge in [0, 0.05) is 23.1 Å². The summed E-state index contributed by atoms with van der Waals surface area (Å²) in [5.74, 6) is -0.223. The average Bonchev–Trinajstić information content (AvgIpc) is 3.53. The van der Waals surface area contributed by atoms with Crippen molar-refractivity contribution in [2.45, 2.75) is 95.7 Å². The molecular formula is C53H56F3NO7. The van der Waals surface area contributed by atoms with Gasteiger partial charge in [-0.3, -0.25) is 9.59 Å². The minimum absolute atomic E-state index is 0.00246. The van der Waals surface area contributed by atoms with Crippen molar-refractivity contribution >= 4 is 11.7 Å². The summed E-state index contributed by atoms with van der Waals surface area (Å²) in [7, 11) is 3.03. The van der Waals surface area contributed by atoms with E-state index in [1.54, 1.807) is 23.1 Å². The largest absolute Gasteiger partial charge is 0.573 e. The first-order valence-electron chi connectivity index (χ1n) is 21.8. The molecule has 11 heteroatoms. The van der Waals surface area contributed by atoms with Gasteiger partial charge in [-0.2, -0.15) is 0 Å². The molecule has 5 aromatic rings. The van der Waals surface area contributed by atoms with Gasteiger partial charge in [0.1, 0.15) is 5.75 Å². The lowest BCUT2D eigenvalue weighted by Crippen LogP contribution is -2.53. The number of methoxy groups -OCH3 is 2. The van der Waals surface area contributed by atoms with E-state index >= 15 is 4.79 Å². The van der Waals surface area contributed by atoms with Crippen molar-refractivity contribution in [3.8, 4) is 28.4 Å². The quantitative estimate of drug-likeness (QED) is 0.0950. The first-order chi connectivity index (χ1) is 30.6. The molecule has 336 valence electrons. The summed E-state index contributed by atoms with van der Waals surface area (Å²) in [6, 6.07) is 33.8. The molecule has 4 atom stereocenters. The first kappa shape index (κ1) is 46.1. The number of aliphatic hydroxyl groups excluding tert-OH is 1. The molecule has 3 aliphatic carbocycles. The highest BCUT2D eigenvalue weighted by Gasteiger charge is 2.57. The molecule has 4 unspecified atom stereocenters. The van der Waals surface area contributed by atoms with Crippen LogP contribution in [0.3, 0.4) is 0 Å². The number of carbonyl (C=O) groups excluding carboxylic acids is 2. The molecule has 2 N–H and O–H groups in total. The Balaban J connectivity index is 1.30. The van der Waals surface area contributed by atoms with Crippen LogP contribution >= 0.6 is 0 Å². The number of allylic oxidation sites excluding steroid dienone is 2. The van der Waals surface area contributed by atoms with Crippen molar-refractivity contribution < 1.29 is 47.2 Å². The zero-order chi connectivity index (χ0) is 45.6. The van der Waals surface area contributed by atoms with Crippen LogP contribution in [-0.4, -0.2) is 65.6 Å². The van der Waals surface area contributed by atoms with Gasteiger partial charge in [0.25, 0.3) is 0 Å². The van der Waals surface area contributed by atoms with Crippen molar-refractivity contribution in [2.24, 2.45) is 5.41 Å². The Labute approximate surface area is 373 Å². The Morgan fingerprint density at radius 3 is 2.23 bits per heavy atom. The number of ketones is 1. The molecule has 5 aromatic carbocycles. The Bertz CT molecular complexity index is 2470. The highest BCUT2D eigenvalue weighted by Crippen LogP contribution is 2.59. The summed E-state index contributed by atoms with van der Waals surface area (Å²) in [4.78, 5) is 31.3. The van der Waals surface area contributed by atoms with E-state index in [2.05, 4.69) is 17.7 Å². The van der Waals surface area contributed by atoms with E-state index in [1.165, 1.54) is 38.5 Å². The number of nitrogens with zero attached hydrogens (tertiary/aromatic N) is 1. The van der Waals surface area contributed by atoms with Gasteiger partial charge in [0.2, 0.25) is 5.91 Å². The third-order valence-electron chi connectivity index (χ3n) is 13.3. The molecule has 64 heavy (non-hydrogen) atoms. The predicted molar refractivity (Wildman–Crippen MR) is 241 cm³/mol. The smallest absolute Gasteiger partial charge is 0.493 e. The number of halogens is 3. The second-order valence-corrected chi connectivity index (χ2v) is 17.5. The second-order valence-electron chi connectivity index (χ2n) is 17.5. The fraction of sp³-hybridized carbons (Fsp3) is 0.358. The van der Waals surface area contributed by atoms with Gasteiger partial charge in [-0.1, -0.05) is 104 Å². The summed E-state index contributed by atoms with van der Waals surface area (Å²) in [5.41, 5.74) is 4.36. The third-order valence-corrected chi connectivity index (χ3v) is 13.3. The molecule has 8 rings (SSSR count). The molecule has 0 aromatic heterocycles. The van der Waals surface area contributed by atoms with E-state index < -0.39 is 23.5 Å². The molecular weight excluding hydrogens is 820 g/mol. The lowest BCUT2D eigenvalue weighted by molar-refractivity contribution is -0.274. The maximum Gasteiger partial charge on any atom is 0.573 e. The van der Waals surface area contributed by atoms with Crippen LogP contribution < -0.4 is 14.2 Å². The zero-order valence-corrected chi connectivity index (χ0v) is 36.8. The van der Waals surface area contributed by atoms with Gasteiger partial charge in [0.15, 0.2) is 17.3 Å². The van der Waals surface area contributed by atoms with Crippen LogP contribution in [-0.2, 0) is 24.2 Å². The van der Waals surface area contributed by atoms with Gasteiger partial charge < -0.3 is 29.3 Å². The maximum absolute atomic E-state index is 15.1. The Kier molecular flexibility index (Phi) is 14.0. The van der Waals surface area contributed by atoms with Crippen LogP contribution in [0, 0.1) is 5.41 Å². The van der Waals surface area contributed by atoms with Gasteiger partial charge in [-0.15, -0.1) is 13.2 Å². The number of fused-ring (bicyclic) bond motifs is 8. The monoisotopic (exact) mass is 875 g/mol. The van der Waals surface area contributed by atoms with Crippen molar-refractivity contribution in [3.63, 3.8) is 0 Å². The fourth-order valence-corrected chi connectivity index (χ4v) is 9.73. The topological polar surface area (TPSA) is 106 Å². The summed E-state index contributed by atoms with van der Waals surface area (Å²) in [6.45, 7) is 4.02. The first-order valence-corrected chi connectivity index (χ1v) is 21.8. The highest BCUT2D eigenvalue weighted by molar-refractivity contribution is 6.13. The number of hydrogen-bond donors (Lipinski definition) is 2. The van der Waals surface area contributed by atoms with Crippen LogP contribution in [0.25, 0.3) is 11.1 Å². The van der Waals surface area contributed by atoms with Crippen LogP contribution in [0.15, 0.2) is 127 Å². The van der Waals surface area contributed by atoms with Gasteiger partial charge >= 0.3 is 6.36 Å². The van der Waals surface area contributed by atoms with Crippen LogP contribution in [0.1, 0.15) is 96.5 Å². The molecule has 0 spiro atoms. The molecule has 0 heterocycles. The Hall–Kier alpha value is -5.91. The molecule has 1 saturated carbocycles. The molecule has 3 aliphatic rings. The van der Waals surface area contributed by atoms with Crippen LogP contribution in [0.2, 0.25) is 0 Å². The summed E-state index contributed by atoms with van der Waals surface area (Å²) in [5, 5.41) is 24.5. The standard InChI is InChI=1S/C53H56F3NO7/c1-35-11-10-27-51(2)46(43-24-19-37(29-40(58)21-16-35)30-45(43)50(60)44-15-9-8-14-42(44)39-12-6-5-7-13-39)26-28-52(51,61)34-57(33-36-17-22-41(23-18-36)64-53(54,55)56)49(59)32-38-20-25-47(62-3)48(31-38)63-4/h5-9,11-15,17-20,22-25,30-31,40,46,58,61H,10,16,21,26-29,32-34H2,1-4H3. The number of hydrogen-bond acceptors (Lipinski definition) is 7. The van der Waals surface area contributed by atoms with E-state index in [0.717, 1.165) is 27.8 Å². The minimum Gasteiger partial charge on any atom is -0.493 e. The Morgan fingerprint density at radius 1 is 0.812 bits per heavy atom. The van der Waals surface area contributed by atoms with Crippen molar-refractivity contribution in [1.82, 2.24) is 4.90 Å². The SMILES string of the molecule is COc1ccc(CC(=O)N(Cc2ccc(OC(F)(F)F)cc2)CC2(O)CCC3c4ccc(cc4C(=O)c4ccccc4-c4ccccc4)CC(O)CCC(C)=CCCC32C)cc1OC. The lowest BCUT2D eigenvalue weighted by Gasteiger charge is -2.46. The molecule has 0 saturated heterocycles. The van der Waals surface area contributed by atoms with Crippen LogP contribution in [0.4, 0.5) is 13.2 Å². The van der Waals surface area contributed by atoms with Crippen molar-refractivity contribution in [2.75, 3.05) is 20.8 Å². The predicted octanol–water partition coefficient (Wildman–Crippen LogP) is 10.8. The Morgan fingerprint density at radius 2 is 1.52 bits per heavy atom. The fourth-order valence-electron chi connectivity index (χ4n) is 9.73. The zero-order valence-electron chi connectivity index (χ0n) is 36.8. The number of ether oxygens (including phenoxy) is 3. The molecule has 2 bridgehead atoms. The summed E-state index contributed by atoms with van der Waals surface area (Å²) >= 11 is 0. The number of alkyl halides is 3. The van der Waals surface area contributed by atoms with Gasteiger partial charge in [0.05, 0.1) is 38.9 Å². The van der Waals surface area contributed by atoms with Crippen molar-refractivity contribution in [1.29, 1.82) is 0 Å². The highest BCUT2D eigenvalue weighted by atomic mass is 19.4. The van der Waals surface area contributed by atoms with E-state index in [9.17, 15) is 28.2 Å². The molecule has 1 fully saturated rings.